The van der Waals surface area contributed by atoms with Crippen LogP contribution in [0.2, 0.25) is 0 Å². The Kier molecular flexibility index (Phi) is 9.31. The van der Waals surface area contributed by atoms with Gasteiger partial charge in [0.2, 0.25) is 5.91 Å². The number of ether oxygens (including phenoxy) is 1. The molecule has 168 valence electrons. The predicted octanol–water partition coefficient (Wildman–Crippen LogP) is 2.97. The fourth-order valence-electron chi connectivity index (χ4n) is 4.00. The molecule has 2 amide bonds. The first-order valence-electron chi connectivity index (χ1n) is 11.2. The van der Waals surface area contributed by atoms with Crippen LogP contribution in [0.1, 0.15) is 63.4 Å². The first-order chi connectivity index (χ1) is 14.3. The fourth-order valence-corrected chi connectivity index (χ4v) is 4.00. The minimum absolute atomic E-state index is 0.0153. The van der Waals surface area contributed by atoms with E-state index in [4.69, 9.17) is 4.74 Å². The van der Waals surface area contributed by atoms with Crippen LogP contribution < -0.4 is 10.6 Å². The standard InChI is InChI=1S/C24H39N3O3/c1-6-18(7-2)21(27-12-14-30-15-13-27)16-25-22(28)17-26-23(29)19-8-10-20(11-9-19)24(3,4)5/h8-11,18,21H,6-7,12-17H2,1-5H3,(H,25,28)(H,26,29). The molecule has 2 rings (SSSR count). The molecule has 2 N–H and O–H groups in total. The highest BCUT2D eigenvalue weighted by Crippen LogP contribution is 2.22. The zero-order chi connectivity index (χ0) is 22.1. The van der Waals surface area contributed by atoms with Crippen molar-refractivity contribution in [2.45, 2.75) is 58.9 Å². The Bertz CT molecular complexity index is 672. The van der Waals surface area contributed by atoms with Crippen LogP contribution in [0.5, 0.6) is 0 Å². The Labute approximate surface area is 181 Å². The van der Waals surface area contributed by atoms with E-state index in [9.17, 15) is 9.59 Å². The highest BCUT2D eigenvalue weighted by molar-refractivity contribution is 5.96. The molecule has 0 aliphatic carbocycles. The van der Waals surface area contributed by atoms with Crippen molar-refractivity contribution in [3.05, 3.63) is 35.4 Å². The molecule has 1 saturated heterocycles. The van der Waals surface area contributed by atoms with Crippen molar-refractivity contribution in [3.8, 4) is 0 Å². The summed E-state index contributed by atoms with van der Waals surface area (Å²) in [5.74, 6) is 0.147. The zero-order valence-corrected chi connectivity index (χ0v) is 19.3. The summed E-state index contributed by atoms with van der Waals surface area (Å²) in [6.07, 6.45) is 2.16. The smallest absolute Gasteiger partial charge is 0.251 e. The average Bonchev–Trinajstić information content (AvgIpc) is 2.75. The summed E-state index contributed by atoms with van der Waals surface area (Å²) in [5.41, 5.74) is 1.78. The van der Waals surface area contributed by atoms with E-state index >= 15 is 0 Å². The Balaban J connectivity index is 1.85. The third-order valence-corrected chi connectivity index (χ3v) is 6.04. The van der Waals surface area contributed by atoms with Crippen molar-refractivity contribution in [3.63, 3.8) is 0 Å². The molecule has 0 bridgehead atoms. The molecule has 1 heterocycles. The molecule has 30 heavy (non-hydrogen) atoms. The lowest BCUT2D eigenvalue weighted by molar-refractivity contribution is -0.120. The second kappa shape index (κ2) is 11.5. The molecule has 0 aromatic heterocycles. The van der Waals surface area contributed by atoms with E-state index in [2.05, 4.69) is 50.2 Å². The van der Waals surface area contributed by atoms with Crippen LogP contribution in [0, 0.1) is 5.92 Å². The van der Waals surface area contributed by atoms with Gasteiger partial charge in [0.1, 0.15) is 0 Å². The second-order valence-corrected chi connectivity index (χ2v) is 9.11. The van der Waals surface area contributed by atoms with Gasteiger partial charge in [-0.15, -0.1) is 0 Å². The van der Waals surface area contributed by atoms with Gasteiger partial charge in [-0.1, -0.05) is 59.6 Å². The van der Waals surface area contributed by atoms with E-state index in [1.165, 1.54) is 5.56 Å². The van der Waals surface area contributed by atoms with E-state index in [-0.39, 0.29) is 23.8 Å². The molecule has 0 saturated carbocycles. The van der Waals surface area contributed by atoms with E-state index in [1.54, 1.807) is 0 Å². The summed E-state index contributed by atoms with van der Waals surface area (Å²) in [6.45, 7) is 14.7. The molecule has 1 aromatic carbocycles. The van der Waals surface area contributed by atoms with Crippen LogP contribution in [0.15, 0.2) is 24.3 Å². The first kappa shape index (κ1) is 24.4. The molecular formula is C24H39N3O3. The van der Waals surface area contributed by atoms with Crippen molar-refractivity contribution >= 4 is 11.8 Å². The Hall–Kier alpha value is -1.92. The van der Waals surface area contributed by atoms with Gasteiger partial charge in [0.05, 0.1) is 19.8 Å². The highest BCUT2D eigenvalue weighted by Gasteiger charge is 2.27. The normalized spacial score (nSPS) is 16.3. The maximum atomic E-state index is 12.4. The number of nitrogens with one attached hydrogen (secondary N) is 2. The Morgan fingerprint density at radius 1 is 1.03 bits per heavy atom. The molecule has 1 atom stereocenters. The van der Waals surface area contributed by atoms with Gasteiger partial charge in [0.25, 0.3) is 5.91 Å². The minimum Gasteiger partial charge on any atom is -0.379 e. The second-order valence-electron chi connectivity index (χ2n) is 9.11. The van der Waals surface area contributed by atoms with E-state index in [0.717, 1.165) is 39.1 Å². The molecule has 1 unspecified atom stereocenters. The van der Waals surface area contributed by atoms with Crippen molar-refractivity contribution < 1.29 is 14.3 Å². The van der Waals surface area contributed by atoms with E-state index in [0.29, 0.717) is 24.1 Å². The third-order valence-electron chi connectivity index (χ3n) is 6.04. The lowest BCUT2D eigenvalue weighted by Gasteiger charge is -2.38. The average molecular weight is 418 g/mol. The summed E-state index contributed by atoms with van der Waals surface area (Å²) in [6, 6.07) is 7.87. The Morgan fingerprint density at radius 2 is 1.63 bits per heavy atom. The predicted molar refractivity (Wildman–Crippen MR) is 121 cm³/mol. The van der Waals surface area contributed by atoms with Crippen molar-refractivity contribution in [1.29, 1.82) is 0 Å². The molecule has 6 heteroatoms. The molecule has 0 spiro atoms. The highest BCUT2D eigenvalue weighted by atomic mass is 16.5. The molecule has 0 radical (unpaired) electrons. The van der Waals surface area contributed by atoms with Crippen LogP contribution in [-0.4, -0.2) is 62.1 Å². The zero-order valence-electron chi connectivity index (χ0n) is 19.3. The number of amides is 2. The van der Waals surface area contributed by atoms with Crippen LogP contribution in [0.25, 0.3) is 0 Å². The van der Waals surface area contributed by atoms with Crippen molar-refractivity contribution in [1.82, 2.24) is 15.5 Å². The van der Waals surface area contributed by atoms with E-state index in [1.807, 2.05) is 24.3 Å². The molecule has 1 aliphatic heterocycles. The van der Waals surface area contributed by atoms with Gasteiger partial charge < -0.3 is 15.4 Å². The van der Waals surface area contributed by atoms with E-state index < -0.39 is 0 Å². The molecule has 6 nitrogen and oxygen atoms in total. The van der Waals surface area contributed by atoms with Crippen LogP contribution in [0.3, 0.4) is 0 Å². The molecule has 1 aliphatic rings. The number of benzene rings is 1. The number of carbonyl (C=O) groups is 2. The summed E-state index contributed by atoms with van der Waals surface area (Å²) >= 11 is 0. The van der Waals surface area contributed by atoms with Crippen molar-refractivity contribution in [2.75, 3.05) is 39.4 Å². The van der Waals surface area contributed by atoms with Gasteiger partial charge in [0, 0.05) is 31.2 Å². The minimum atomic E-state index is -0.227. The third kappa shape index (κ3) is 7.10. The largest absolute Gasteiger partial charge is 0.379 e. The number of nitrogens with zero attached hydrogens (tertiary/aromatic N) is 1. The summed E-state index contributed by atoms with van der Waals surface area (Å²) in [5, 5.41) is 5.76. The molecular weight excluding hydrogens is 378 g/mol. The van der Waals surface area contributed by atoms with Crippen molar-refractivity contribution in [2.24, 2.45) is 5.92 Å². The SMILES string of the molecule is CCC(CC)C(CNC(=O)CNC(=O)c1ccc(C(C)(C)C)cc1)N1CCOCC1. The number of rotatable bonds is 9. The summed E-state index contributed by atoms with van der Waals surface area (Å²) in [4.78, 5) is 27.2. The number of morpholine rings is 1. The molecule has 1 aromatic rings. The lowest BCUT2D eigenvalue weighted by atomic mass is 9.87. The fraction of sp³-hybridized carbons (Fsp3) is 0.667. The summed E-state index contributed by atoms with van der Waals surface area (Å²) in [7, 11) is 0. The Morgan fingerprint density at radius 3 is 2.17 bits per heavy atom. The summed E-state index contributed by atoms with van der Waals surface area (Å²) < 4.78 is 5.48. The first-order valence-corrected chi connectivity index (χ1v) is 11.2. The van der Waals surface area contributed by atoms with Gasteiger partial charge in [0.15, 0.2) is 0 Å². The van der Waals surface area contributed by atoms with Crippen LogP contribution in [-0.2, 0) is 14.9 Å². The van der Waals surface area contributed by atoms with Crippen LogP contribution in [0.4, 0.5) is 0 Å². The maximum Gasteiger partial charge on any atom is 0.251 e. The van der Waals surface area contributed by atoms with Gasteiger partial charge >= 0.3 is 0 Å². The number of hydrogen-bond donors (Lipinski definition) is 2. The van der Waals surface area contributed by atoms with Crippen LogP contribution >= 0.6 is 0 Å². The quantitative estimate of drug-likeness (QED) is 0.648. The van der Waals surface area contributed by atoms with Gasteiger partial charge in [-0.25, -0.2) is 0 Å². The lowest BCUT2D eigenvalue weighted by Crippen LogP contribution is -2.52. The number of carbonyl (C=O) groups excluding carboxylic acids is 2. The molecule has 1 fully saturated rings. The topological polar surface area (TPSA) is 70.7 Å². The monoisotopic (exact) mass is 417 g/mol. The van der Waals surface area contributed by atoms with Gasteiger partial charge in [-0.2, -0.15) is 0 Å². The number of hydrogen-bond acceptors (Lipinski definition) is 4. The van der Waals surface area contributed by atoms with Gasteiger partial charge in [-0.3, -0.25) is 14.5 Å². The maximum absolute atomic E-state index is 12.4. The van der Waals surface area contributed by atoms with Gasteiger partial charge in [-0.05, 0) is 29.0 Å².